The average Bonchev–Trinajstić information content (AvgIpc) is 3.22. The largest absolute Gasteiger partial charge is 0.484 e. The lowest BCUT2D eigenvalue weighted by Crippen LogP contribution is -1.96. The van der Waals surface area contributed by atoms with Crippen LogP contribution in [0.1, 0.15) is 23.4 Å². The van der Waals surface area contributed by atoms with E-state index in [4.69, 9.17) is 9.15 Å². The third-order valence-corrected chi connectivity index (χ3v) is 4.69. The van der Waals surface area contributed by atoms with Gasteiger partial charge in [-0.25, -0.2) is 0 Å². The van der Waals surface area contributed by atoms with E-state index in [1.807, 2.05) is 30.3 Å². The Balaban J connectivity index is 1.47. The summed E-state index contributed by atoms with van der Waals surface area (Å²) in [5, 5.41) is 8.15. The molecule has 0 saturated carbocycles. The Morgan fingerprint density at radius 2 is 1.91 bits per heavy atom. The van der Waals surface area contributed by atoms with Crippen molar-refractivity contribution in [1.29, 1.82) is 0 Å². The maximum absolute atomic E-state index is 5.79. The Morgan fingerprint density at radius 3 is 2.83 bits per heavy atom. The summed E-state index contributed by atoms with van der Waals surface area (Å²) in [5.41, 5.74) is 3.71. The molecule has 1 aromatic heterocycles. The molecule has 0 fully saturated rings. The van der Waals surface area contributed by atoms with Gasteiger partial charge in [0.05, 0.1) is 5.56 Å². The van der Waals surface area contributed by atoms with E-state index in [0.717, 1.165) is 22.2 Å². The monoisotopic (exact) mass is 370 g/mol. The average molecular weight is 371 g/mol. The van der Waals surface area contributed by atoms with Crippen molar-refractivity contribution in [2.45, 2.75) is 25.9 Å². The fourth-order valence-electron chi connectivity index (χ4n) is 2.84. The summed E-state index contributed by atoms with van der Waals surface area (Å²) in [7, 11) is 0. The Labute approximate surface area is 142 Å². The van der Waals surface area contributed by atoms with E-state index in [2.05, 4.69) is 38.3 Å². The van der Waals surface area contributed by atoms with Gasteiger partial charge in [-0.3, -0.25) is 0 Å². The van der Waals surface area contributed by atoms with Crippen LogP contribution in [0.2, 0.25) is 0 Å². The number of rotatable bonds is 4. The van der Waals surface area contributed by atoms with Gasteiger partial charge in [0.1, 0.15) is 5.75 Å². The molecule has 3 aromatic rings. The maximum Gasteiger partial charge on any atom is 0.254 e. The minimum Gasteiger partial charge on any atom is -0.484 e. The van der Waals surface area contributed by atoms with E-state index in [1.54, 1.807) is 0 Å². The number of aromatic nitrogens is 2. The first-order valence-corrected chi connectivity index (χ1v) is 8.41. The highest BCUT2D eigenvalue weighted by atomic mass is 79.9. The number of halogens is 1. The highest BCUT2D eigenvalue weighted by molar-refractivity contribution is 9.10. The zero-order valence-electron chi connectivity index (χ0n) is 12.5. The molecule has 4 nitrogen and oxygen atoms in total. The minimum atomic E-state index is 0.274. The second-order valence-electron chi connectivity index (χ2n) is 5.55. The smallest absolute Gasteiger partial charge is 0.254 e. The lowest BCUT2D eigenvalue weighted by Gasteiger charge is -2.05. The molecule has 1 heterocycles. The lowest BCUT2D eigenvalue weighted by molar-refractivity contribution is 0.264. The standard InChI is InChI=1S/C18H15BrN2O2/c19-16-7-2-1-6-15(16)18-21-20-17(23-18)11-22-14-9-8-12-4-3-5-13(12)10-14/h1-2,6-10H,3-5,11H2. The first-order chi connectivity index (χ1) is 11.3. The fraction of sp³-hybridized carbons (Fsp3) is 0.222. The van der Waals surface area contributed by atoms with Gasteiger partial charge >= 0.3 is 0 Å². The van der Waals surface area contributed by atoms with Crippen LogP contribution in [0.15, 0.2) is 51.4 Å². The molecule has 23 heavy (non-hydrogen) atoms. The summed E-state index contributed by atoms with van der Waals surface area (Å²) >= 11 is 3.49. The third kappa shape index (κ3) is 3.01. The van der Waals surface area contributed by atoms with Gasteiger partial charge in [-0.05, 0) is 70.6 Å². The highest BCUT2D eigenvalue weighted by Crippen LogP contribution is 2.28. The van der Waals surface area contributed by atoms with Gasteiger partial charge in [0.2, 0.25) is 5.89 Å². The van der Waals surface area contributed by atoms with Crippen molar-refractivity contribution < 1.29 is 9.15 Å². The van der Waals surface area contributed by atoms with Crippen LogP contribution in [0.25, 0.3) is 11.5 Å². The first kappa shape index (κ1) is 14.5. The molecule has 0 aliphatic heterocycles. The molecular weight excluding hydrogens is 356 g/mol. The maximum atomic E-state index is 5.79. The van der Waals surface area contributed by atoms with Gasteiger partial charge in [-0.15, -0.1) is 10.2 Å². The zero-order valence-corrected chi connectivity index (χ0v) is 14.0. The predicted octanol–water partition coefficient (Wildman–Crippen LogP) is 4.57. The van der Waals surface area contributed by atoms with Gasteiger partial charge in [0.25, 0.3) is 5.89 Å². The van der Waals surface area contributed by atoms with Crippen LogP contribution in [-0.2, 0) is 19.4 Å². The molecule has 0 N–H and O–H groups in total. The molecule has 1 aliphatic rings. The first-order valence-electron chi connectivity index (χ1n) is 7.61. The van der Waals surface area contributed by atoms with Crippen molar-refractivity contribution in [3.63, 3.8) is 0 Å². The molecule has 4 rings (SSSR count). The quantitative estimate of drug-likeness (QED) is 0.674. The topological polar surface area (TPSA) is 48.2 Å². The molecule has 2 aromatic carbocycles. The SMILES string of the molecule is Brc1ccccc1-c1nnc(COc2ccc3c(c2)CCC3)o1. The molecule has 0 spiro atoms. The van der Waals surface area contributed by atoms with Crippen LogP contribution in [-0.4, -0.2) is 10.2 Å². The van der Waals surface area contributed by atoms with Crippen LogP contribution in [0.3, 0.4) is 0 Å². The lowest BCUT2D eigenvalue weighted by atomic mass is 10.1. The Hall–Kier alpha value is -2.14. The predicted molar refractivity (Wildman–Crippen MR) is 90.2 cm³/mol. The molecule has 0 saturated heterocycles. The molecule has 0 unspecified atom stereocenters. The Kier molecular flexibility index (Phi) is 3.87. The van der Waals surface area contributed by atoms with Gasteiger partial charge < -0.3 is 9.15 Å². The second kappa shape index (κ2) is 6.16. The van der Waals surface area contributed by atoms with Crippen LogP contribution in [0, 0.1) is 0 Å². The van der Waals surface area contributed by atoms with E-state index in [0.29, 0.717) is 11.8 Å². The normalized spacial score (nSPS) is 13.1. The van der Waals surface area contributed by atoms with E-state index in [1.165, 1.54) is 24.0 Å². The number of fused-ring (bicyclic) bond motifs is 1. The molecule has 0 amide bonds. The van der Waals surface area contributed by atoms with Crippen molar-refractivity contribution in [3.8, 4) is 17.2 Å². The molecule has 0 radical (unpaired) electrons. The molecule has 1 aliphatic carbocycles. The second-order valence-corrected chi connectivity index (χ2v) is 6.41. The van der Waals surface area contributed by atoms with Crippen LogP contribution < -0.4 is 4.74 Å². The Morgan fingerprint density at radius 1 is 1.04 bits per heavy atom. The van der Waals surface area contributed by atoms with Crippen molar-refractivity contribution in [2.24, 2.45) is 0 Å². The summed E-state index contributed by atoms with van der Waals surface area (Å²) in [5.74, 6) is 1.81. The number of benzene rings is 2. The number of hydrogen-bond donors (Lipinski definition) is 0. The Bertz CT molecular complexity index is 845. The van der Waals surface area contributed by atoms with Gasteiger partial charge in [-0.2, -0.15) is 0 Å². The van der Waals surface area contributed by atoms with E-state index >= 15 is 0 Å². The van der Waals surface area contributed by atoms with E-state index in [9.17, 15) is 0 Å². The molecule has 0 bridgehead atoms. The van der Waals surface area contributed by atoms with Crippen molar-refractivity contribution in [2.75, 3.05) is 0 Å². The number of nitrogens with zero attached hydrogens (tertiary/aromatic N) is 2. The summed E-state index contributed by atoms with van der Waals surface area (Å²) in [6.45, 7) is 0.274. The molecular formula is C18H15BrN2O2. The summed E-state index contributed by atoms with van der Waals surface area (Å²) in [6.07, 6.45) is 3.55. The van der Waals surface area contributed by atoms with E-state index in [-0.39, 0.29) is 6.61 Å². The van der Waals surface area contributed by atoms with Gasteiger partial charge in [0, 0.05) is 4.47 Å². The van der Waals surface area contributed by atoms with Gasteiger partial charge in [0.15, 0.2) is 6.61 Å². The van der Waals surface area contributed by atoms with Crippen LogP contribution in [0.5, 0.6) is 5.75 Å². The number of ether oxygens (including phenoxy) is 1. The summed E-state index contributed by atoms with van der Waals surface area (Å²) in [6, 6.07) is 14.0. The van der Waals surface area contributed by atoms with E-state index < -0.39 is 0 Å². The highest BCUT2D eigenvalue weighted by Gasteiger charge is 2.13. The van der Waals surface area contributed by atoms with Crippen molar-refractivity contribution in [1.82, 2.24) is 10.2 Å². The molecule has 5 heteroatoms. The number of hydrogen-bond acceptors (Lipinski definition) is 4. The van der Waals surface area contributed by atoms with Crippen LogP contribution >= 0.6 is 15.9 Å². The molecule has 0 atom stereocenters. The molecule has 116 valence electrons. The van der Waals surface area contributed by atoms with Crippen molar-refractivity contribution in [3.05, 3.63) is 64.0 Å². The minimum absolute atomic E-state index is 0.274. The number of aryl methyl sites for hydroxylation is 2. The fourth-order valence-corrected chi connectivity index (χ4v) is 3.29. The zero-order chi connectivity index (χ0) is 15.6. The van der Waals surface area contributed by atoms with Gasteiger partial charge in [-0.1, -0.05) is 18.2 Å². The summed E-state index contributed by atoms with van der Waals surface area (Å²) < 4.78 is 12.4. The third-order valence-electron chi connectivity index (χ3n) is 4.00. The van der Waals surface area contributed by atoms with Crippen molar-refractivity contribution >= 4 is 15.9 Å². The summed E-state index contributed by atoms with van der Waals surface area (Å²) in [4.78, 5) is 0. The van der Waals surface area contributed by atoms with Crippen LogP contribution in [0.4, 0.5) is 0 Å².